The fraction of sp³-hybridized carbons (Fsp3) is 0.800. The van der Waals surface area contributed by atoms with Gasteiger partial charge in [-0.25, -0.2) is 0 Å². The molecule has 132 valence electrons. The zero-order chi connectivity index (χ0) is 17.3. The first-order valence-corrected chi connectivity index (χ1v) is 12.2. The fourth-order valence-corrected chi connectivity index (χ4v) is 4.80. The normalized spacial score (nSPS) is 31.7. The predicted molar refractivity (Wildman–Crippen MR) is 101 cm³/mol. The van der Waals surface area contributed by atoms with Crippen molar-refractivity contribution >= 4 is 8.32 Å². The van der Waals surface area contributed by atoms with Gasteiger partial charge in [0.05, 0.1) is 6.10 Å². The van der Waals surface area contributed by atoms with Crippen LogP contribution < -0.4 is 0 Å². The first kappa shape index (κ1) is 18.9. The molecule has 2 rings (SSSR count). The van der Waals surface area contributed by atoms with Gasteiger partial charge < -0.3 is 9.53 Å². The van der Waals surface area contributed by atoms with E-state index in [9.17, 15) is 5.11 Å². The molecule has 0 saturated carbocycles. The standard InChI is InChI=1S/C20H36O2Si/c1-15-12-13-16-9-7-11-18(21)19(16)17(15)10-8-14-22-23(5,6)20(2,3)4/h9,12-13,15,17-19,21H,7-8,10-11,14H2,1-6H3/t15-,17-,18-,19-/m0/s1. The molecule has 2 aliphatic carbocycles. The minimum absolute atomic E-state index is 0.159. The lowest BCUT2D eigenvalue weighted by Crippen LogP contribution is -2.41. The third kappa shape index (κ3) is 4.37. The Morgan fingerprint density at radius 2 is 2.00 bits per heavy atom. The first-order valence-electron chi connectivity index (χ1n) is 9.34. The van der Waals surface area contributed by atoms with Gasteiger partial charge in [-0.05, 0) is 61.2 Å². The molecule has 0 saturated heterocycles. The summed E-state index contributed by atoms with van der Waals surface area (Å²) >= 11 is 0. The second-order valence-electron chi connectivity index (χ2n) is 9.01. The number of rotatable bonds is 5. The SMILES string of the molecule is C[C@H]1C=CC2=CCC[C@H](O)[C@@H]2[C@H]1CCCO[Si](C)(C)C(C)(C)C. The lowest BCUT2D eigenvalue weighted by molar-refractivity contribution is 0.0610. The number of hydrogen-bond acceptors (Lipinski definition) is 2. The van der Waals surface area contributed by atoms with Gasteiger partial charge in [-0.3, -0.25) is 0 Å². The van der Waals surface area contributed by atoms with Crippen LogP contribution in [0.15, 0.2) is 23.8 Å². The molecular formula is C20H36O2Si. The fourth-order valence-electron chi connectivity index (χ4n) is 3.71. The molecule has 4 atom stereocenters. The van der Waals surface area contributed by atoms with Crippen LogP contribution in [0.1, 0.15) is 53.4 Å². The average Bonchev–Trinajstić information content (AvgIpc) is 2.44. The highest BCUT2D eigenvalue weighted by Gasteiger charge is 2.38. The van der Waals surface area contributed by atoms with Gasteiger partial charge in [0, 0.05) is 12.5 Å². The van der Waals surface area contributed by atoms with E-state index in [4.69, 9.17) is 4.43 Å². The molecule has 2 nitrogen and oxygen atoms in total. The Bertz CT molecular complexity index is 459. The van der Waals surface area contributed by atoms with Crippen LogP contribution in [0.4, 0.5) is 0 Å². The van der Waals surface area contributed by atoms with Crippen molar-refractivity contribution in [3.05, 3.63) is 23.8 Å². The zero-order valence-electron chi connectivity index (χ0n) is 15.9. The molecule has 0 bridgehead atoms. The maximum Gasteiger partial charge on any atom is 0.191 e. The largest absolute Gasteiger partial charge is 0.417 e. The van der Waals surface area contributed by atoms with Crippen LogP contribution in [-0.2, 0) is 4.43 Å². The molecule has 23 heavy (non-hydrogen) atoms. The average molecular weight is 337 g/mol. The van der Waals surface area contributed by atoms with E-state index < -0.39 is 8.32 Å². The smallest absolute Gasteiger partial charge is 0.191 e. The van der Waals surface area contributed by atoms with Crippen LogP contribution in [-0.4, -0.2) is 26.1 Å². The highest BCUT2D eigenvalue weighted by molar-refractivity contribution is 6.74. The summed E-state index contributed by atoms with van der Waals surface area (Å²) in [6.45, 7) is 14.7. The number of aliphatic hydroxyl groups excluding tert-OH is 1. The quantitative estimate of drug-likeness (QED) is 0.545. The second kappa shape index (κ2) is 7.24. The van der Waals surface area contributed by atoms with Crippen molar-refractivity contribution in [2.45, 2.75) is 77.6 Å². The topological polar surface area (TPSA) is 29.5 Å². The summed E-state index contributed by atoms with van der Waals surface area (Å²) in [5.41, 5.74) is 1.37. The molecule has 0 fully saturated rings. The van der Waals surface area contributed by atoms with Crippen molar-refractivity contribution in [3.63, 3.8) is 0 Å². The van der Waals surface area contributed by atoms with E-state index in [1.165, 1.54) is 5.57 Å². The van der Waals surface area contributed by atoms with Gasteiger partial charge >= 0.3 is 0 Å². The van der Waals surface area contributed by atoms with Crippen molar-refractivity contribution in [2.24, 2.45) is 17.8 Å². The maximum atomic E-state index is 10.5. The lowest BCUT2D eigenvalue weighted by Gasteiger charge is -2.40. The minimum atomic E-state index is -1.63. The molecule has 0 heterocycles. The molecule has 3 heteroatoms. The van der Waals surface area contributed by atoms with Gasteiger partial charge in [0.25, 0.3) is 0 Å². The summed E-state index contributed by atoms with van der Waals surface area (Å²) in [5, 5.41) is 10.8. The molecule has 0 amide bonds. The summed E-state index contributed by atoms with van der Waals surface area (Å²) in [7, 11) is -1.63. The van der Waals surface area contributed by atoms with E-state index in [-0.39, 0.29) is 11.1 Å². The summed E-state index contributed by atoms with van der Waals surface area (Å²) in [6.07, 6.45) is 11.0. The van der Waals surface area contributed by atoms with Crippen molar-refractivity contribution in [1.82, 2.24) is 0 Å². The van der Waals surface area contributed by atoms with Crippen LogP contribution in [0.3, 0.4) is 0 Å². The minimum Gasteiger partial charge on any atom is -0.417 e. The van der Waals surface area contributed by atoms with Crippen LogP contribution in [0.25, 0.3) is 0 Å². The Balaban J connectivity index is 1.91. The Kier molecular flexibility index (Phi) is 5.97. The van der Waals surface area contributed by atoms with Gasteiger partial charge in [-0.1, -0.05) is 45.9 Å². The number of hydrogen-bond donors (Lipinski definition) is 1. The summed E-state index contributed by atoms with van der Waals surface area (Å²) in [4.78, 5) is 0. The predicted octanol–water partition coefficient (Wildman–Crippen LogP) is 5.31. The van der Waals surface area contributed by atoms with Gasteiger partial charge in [0.2, 0.25) is 0 Å². The summed E-state index contributed by atoms with van der Waals surface area (Å²) in [5.74, 6) is 1.46. The van der Waals surface area contributed by atoms with Crippen molar-refractivity contribution < 1.29 is 9.53 Å². The molecule has 0 spiro atoms. The van der Waals surface area contributed by atoms with Gasteiger partial charge in [-0.2, -0.15) is 0 Å². The van der Waals surface area contributed by atoms with E-state index in [1.54, 1.807) is 0 Å². The zero-order valence-corrected chi connectivity index (χ0v) is 16.9. The van der Waals surface area contributed by atoms with E-state index >= 15 is 0 Å². The Hall–Kier alpha value is -0.383. The molecule has 0 aromatic carbocycles. The molecule has 0 unspecified atom stereocenters. The van der Waals surface area contributed by atoms with E-state index in [2.05, 4.69) is 59.0 Å². The molecule has 0 aromatic heterocycles. The maximum absolute atomic E-state index is 10.5. The first-order chi connectivity index (χ1) is 10.6. The lowest BCUT2D eigenvalue weighted by atomic mass is 9.67. The van der Waals surface area contributed by atoms with Gasteiger partial charge in [-0.15, -0.1) is 0 Å². The van der Waals surface area contributed by atoms with Gasteiger partial charge in [0.1, 0.15) is 0 Å². The van der Waals surface area contributed by atoms with E-state index in [0.717, 1.165) is 32.3 Å². The molecule has 0 aliphatic heterocycles. The molecule has 2 aliphatic rings. The molecular weight excluding hydrogens is 300 g/mol. The monoisotopic (exact) mass is 336 g/mol. The number of aliphatic hydroxyl groups is 1. The molecule has 1 N–H and O–H groups in total. The van der Waals surface area contributed by atoms with Crippen LogP contribution in [0.2, 0.25) is 18.1 Å². The molecule has 0 radical (unpaired) electrons. The highest BCUT2D eigenvalue weighted by atomic mass is 28.4. The second-order valence-corrected chi connectivity index (χ2v) is 13.8. The third-order valence-electron chi connectivity index (χ3n) is 6.32. The van der Waals surface area contributed by atoms with E-state index in [0.29, 0.717) is 17.8 Å². The van der Waals surface area contributed by atoms with Crippen LogP contribution >= 0.6 is 0 Å². The number of allylic oxidation sites excluding steroid dienone is 3. The van der Waals surface area contributed by atoms with Crippen LogP contribution in [0.5, 0.6) is 0 Å². The summed E-state index contributed by atoms with van der Waals surface area (Å²) < 4.78 is 6.33. The molecule has 0 aromatic rings. The Morgan fingerprint density at radius 1 is 1.30 bits per heavy atom. The Morgan fingerprint density at radius 3 is 2.65 bits per heavy atom. The highest BCUT2D eigenvalue weighted by Crippen LogP contribution is 2.42. The van der Waals surface area contributed by atoms with Crippen LogP contribution in [0, 0.1) is 17.8 Å². The van der Waals surface area contributed by atoms with E-state index in [1.807, 2.05) is 0 Å². The Labute approximate surface area is 144 Å². The summed E-state index contributed by atoms with van der Waals surface area (Å²) in [6, 6.07) is 0. The third-order valence-corrected chi connectivity index (χ3v) is 10.9. The van der Waals surface area contributed by atoms with Crippen molar-refractivity contribution in [3.8, 4) is 0 Å². The van der Waals surface area contributed by atoms with Crippen molar-refractivity contribution in [2.75, 3.05) is 6.61 Å². The van der Waals surface area contributed by atoms with Crippen molar-refractivity contribution in [1.29, 1.82) is 0 Å². The van der Waals surface area contributed by atoms with Gasteiger partial charge in [0.15, 0.2) is 8.32 Å². The number of fused-ring (bicyclic) bond motifs is 1.